The molecule has 2 fully saturated rings. The van der Waals surface area contributed by atoms with Gasteiger partial charge in [0.1, 0.15) is 5.41 Å². The van der Waals surface area contributed by atoms with E-state index in [4.69, 9.17) is 0 Å². The van der Waals surface area contributed by atoms with Crippen molar-refractivity contribution in [2.45, 2.75) is 70.3 Å². The average molecular weight is 435 g/mol. The normalized spacial score (nSPS) is 19.5. The molecule has 2 aromatic rings. The molecule has 1 saturated heterocycles. The van der Waals surface area contributed by atoms with Gasteiger partial charge in [0.25, 0.3) is 0 Å². The van der Waals surface area contributed by atoms with E-state index in [1.165, 1.54) is 4.90 Å². The Morgan fingerprint density at radius 1 is 0.844 bits per heavy atom. The number of nitrogens with one attached hydrogen (secondary N) is 1. The van der Waals surface area contributed by atoms with Crippen LogP contribution >= 0.6 is 0 Å². The molecule has 0 unspecified atom stereocenters. The smallest absolute Gasteiger partial charge is 0.277 e. The molecule has 7 nitrogen and oxygen atoms in total. The molecule has 2 aliphatic rings. The molecule has 1 saturated carbocycles. The lowest BCUT2D eigenvalue weighted by atomic mass is 9.74. The third-order valence-electron chi connectivity index (χ3n) is 6.76. The SMILES string of the molecule is O=C1NC(=O)C(CCc2ccccn2)(CCc2ccccn2)C(=O)N1C1CCCCCC1. The molecule has 0 aromatic carbocycles. The molecule has 0 spiro atoms. The van der Waals surface area contributed by atoms with Gasteiger partial charge in [0.05, 0.1) is 0 Å². The fraction of sp³-hybridized carbons (Fsp3) is 0.480. The number of amides is 4. The molecular weight excluding hydrogens is 404 g/mol. The Bertz CT molecular complexity index is 897. The zero-order valence-corrected chi connectivity index (χ0v) is 18.3. The second kappa shape index (κ2) is 10.0. The summed E-state index contributed by atoms with van der Waals surface area (Å²) in [6.45, 7) is 0. The largest absolute Gasteiger partial charge is 0.331 e. The third kappa shape index (κ3) is 4.71. The number of hydrogen-bond donors (Lipinski definition) is 1. The summed E-state index contributed by atoms with van der Waals surface area (Å²) in [7, 11) is 0. The first-order valence-electron chi connectivity index (χ1n) is 11.6. The Labute approximate surface area is 188 Å². The van der Waals surface area contributed by atoms with Crippen LogP contribution < -0.4 is 5.32 Å². The number of pyridine rings is 2. The van der Waals surface area contributed by atoms with Gasteiger partial charge in [-0.3, -0.25) is 29.8 Å². The van der Waals surface area contributed by atoms with Crippen molar-refractivity contribution < 1.29 is 14.4 Å². The van der Waals surface area contributed by atoms with Crippen LogP contribution in [0.25, 0.3) is 0 Å². The van der Waals surface area contributed by atoms with Crippen LogP contribution in [0.1, 0.15) is 62.8 Å². The highest BCUT2D eigenvalue weighted by Crippen LogP contribution is 2.37. The van der Waals surface area contributed by atoms with E-state index in [0.717, 1.165) is 49.9 Å². The van der Waals surface area contributed by atoms with Gasteiger partial charge in [0.2, 0.25) is 11.8 Å². The first kappa shape index (κ1) is 22.1. The number of urea groups is 1. The lowest BCUT2D eigenvalue weighted by Gasteiger charge is -2.42. The maximum absolute atomic E-state index is 13.9. The molecule has 7 heteroatoms. The van der Waals surface area contributed by atoms with Crippen molar-refractivity contribution in [2.24, 2.45) is 5.41 Å². The van der Waals surface area contributed by atoms with Crippen LogP contribution in [-0.2, 0) is 22.4 Å². The van der Waals surface area contributed by atoms with Crippen molar-refractivity contribution in [3.63, 3.8) is 0 Å². The van der Waals surface area contributed by atoms with Gasteiger partial charge in [0.15, 0.2) is 0 Å². The number of aromatic nitrogens is 2. The zero-order valence-electron chi connectivity index (χ0n) is 18.3. The number of nitrogens with zero attached hydrogens (tertiary/aromatic N) is 3. The summed E-state index contributed by atoms with van der Waals surface area (Å²) in [5.41, 5.74) is 0.335. The summed E-state index contributed by atoms with van der Waals surface area (Å²) < 4.78 is 0. The number of aryl methyl sites for hydroxylation is 2. The van der Waals surface area contributed by atoms with E-state index < -0.39 is 17.4 Å². The molecule has 1 N–H and O–H groups in total. The van der Waals surface area contributed by atoms with E-state index in [9.17, 15) is 14.4 Å². The van der Waals surface area contributed by atoms with E-state index in [2.05, 4.69) is 15.3 Å². The maximum Gasteiger partial charge on any atom is 0.331 e. The van der Waals surface area contributed by atoms with Gasteiger partial charge in [-0.25, -0.2) is 4.79 Å². The van der Waals surface area contributed by atoms with Gasteiger partial charge < -0.3 is 0 Å². The molecule has 1 aliphatic heterocycles. The van der Waals surface area contributed by atoms with Crippen molar-refractivity contribution in [1.29, 1.82) is 0 Å². The predicted molar refractivity (Wildman–Crippen MR) is 119 cm³/mol. The molecule has 4 rings (SSSR count). The van der Waals surface area contributed by atoms with Gasteiger partial charge in [0, 0.05) is 29.8 Å². The number of hydrogen-bond acceptors (Lipinski definition) is 5. The van der Waals surface area contributed by atoms with Gasteiger partial charge in [-0.05, 0) is 62.8 Å². The Kier molecular flexibility index (Phi) is 6.93. The van der Waals surface area contributed by atoms with Gasteiger partial charge in [-0.1, -0.05) is 37.8 Å². The maximum atomic E-state index is 13.9. The van der Waals surface area contributed by atoms with E-state index in [1.54, 1.807) is 12.4 Å². The van der Waals surface area contributed by atoms with E-state index in [1.807, 2.05) is 36.4 Å². The molecule has 1 aliphatic carbocycles. The molecular formula is C25H30N4O3. The second-order valence-corrected chi connectivity index (χ2v) is 8.80. The third-order valence-corrected chi connectivity index (χ3v) is 6.76. The summed E-state index contributed by atoms with van der Waals surface area (Å²) in [5, 5.41) is 2.53. The second-order valence-electron chi connectivity index (χ2n) is 8.80. The fourth-order valence-corrected chi connectivity index (χ4v) is 4.89. The minimum Gasteiger partial charge on any atom is -0.277 e. The van der Waals surface area contributed by atoms with Gasteiger partial charge >= 0.3 is 6.03 Å². The van der Waals surface area contributed by atoms with E-state index in [-0.39, 0.29) is 11.9 Å². The summed E-state index contributed by atoms with van der Waals surface area (Å²) in [5.74, 6) is -0.853. The number of carbonyl (C=O) groups excluding carboxylic acids is 3. The van der Waals surface area contributed by atoms with E-state index in [0.29, 0.717) is 25.7 Å². The zero-order chi connectivity index (χ0) is 22.4. The summed E-state index contributed by atoms with van der Waals surface area (Å²) >= 11 is 0. The highest BCUT2D eigenvalue weighted by Gasteiger charge is 2.54. The number of barbiturate groups is 1. The predicted octanol–water partition coefficient (Wildman–Crippen LogP) is 3.83. The Morgan fingerprint density at radius 2 is 1.41 bits per heavy atom. The lowest BCUT2D eigenvalue weighted by Crippen LogP contribution is -2.66. The highest BCUT2D eigenvalue weighted by molar-refractivity contribution is 6.19. The van der Waals surface area contributed by atoms with Crippen LogP contribution in [0.15, 0.2) is 48.8 Å². The van der Waals surface area contributed by atoms with Crippen LogP contribution in [0.5, 0.6) is 0 Å². The van der Waals surface area contributed by atoms with Crippen molar-refractivity contribution in [3.05, 3.63) is 60.2 Å². The summed E-state index contributed by atoms with van der Waals surface area (Å²) in [4.78, 5) is 50.1. The summed E-state index contributed by atoms with van der Waals surface area (Å²) in [6, 6.07) is 10.5. The van der Waals surface area contributed by atoms with Crippen molar-refractivity contribution in [2.75, 3.05) is 0 Å². The number of carbonyl (C=O) groups is 3. The van der Waals surface area contributed by atoms with Crippen LogP contribution in [0.4, 0.5) is 4.79 Å². The molecule has 32 heavy (non-hydrogen) atoms. The monoisotopic (exact) mass is 434 g/mol. The van der Waals surface area contributed by atoms with Gasteiger partial charge in [-0.15, -0.1) is 0 Å². The number of imide groups is 2. The van der Waals surface area contributed by atoms with Crippen LogP contribution in [-0.4, -0.2) is 38.8 Å². The van der Waals surface area contributed by atoms with Gasteiger partial charge in [-0.2, -0.15) is 0 Å². The Morgan fingerprint density at radius 3 is 1.91 bits per heavy atom. The Hall–Kier alpha value is -3.09. The fourth-order valence-electron chi connectivity index (χ4n) is 4.89. The Balaban J connectivity index is 1.63. The van der Waals surface area contributed by atoms with E-state index >= 15 is 0 Å². The van der Waals surface area contributed by atoms with Crippen molar-refractivity contribution in [1.82, 2.24) is 20.2 Å². The molecule has 0 radical (unpaired) electrons. The topological polar surface area (TPSA) is 92.3 Å². The molecule has 3 heterocycles. The standard InChI is InChI=1S/C25H30N4O3/c30-22-25(15-13-19-9-5-7-17-26-19,16-14-20-10-6-8-18-27-20)23(31)29(24(32)28-22)21-11-3-1-2-4-12-21/h5-10,17-18,21H,1-4,11-16H2,(H,28,30,32). The van der Waals surface area contributed by atoms with Crippen LogP contribution in [0, 0.1) is 5.41 Å². The quantitative estimate of drug-likeness (QED) is 0.528. The summed E-state index contributed by atoms with van der Waals surface area (Å²) in [6.07, 6.45) is 10.8. The molecule has 0 atom stereocenters. The minimum absolute atomic E-state index is 0.151. The molecule has 2 aromatic heterocycles. The first-order valence-corrected chi connectivity index (χ1v) is 11.6. The minimum atomic E-state index is -1.31. The van der Waals surface area contributed by atoms with Crippen molar-refractivity contribution in [3.8, 4) is 0 Å². The van der Waals surface area contributed by atoms with Crippen molar-refractivity contribution >= 4 is 17.8 Å². The average Bonchev–Trinajstić information content (AvgIpc) is 3.09. The van der Waals surface area contributed by atoms with Crippen LogP contribution in [0.2, 0.25) is 0 Å². The van der Waals surface area contributed by atoms with Crippen LogP contribution in [0.3, 0.4) is 0 Å². The molecule has 0 bridgehead atoms. The lowest BCUT2D eigenvalue weighted by molar-refractivity contribution is -0.154. The highest BCUT2D eigenvalue weighted by atomic mass is 16.2. The molecule has 4 amide bonds. The number of rotatable bonds is 7. The first-order chi connectivity index (χ1) is 15.6. The molecule has 168 valence electrons.